The molecule has 0 aliphatic heterocycles. The van der Waals surface area contributed by atoms with Gasteiger partial charge in [-0.05, 0) is 125 Å². The smallest absolute Gasteiger partial charge is 0.0598 e. The molecule has 0 spiro atoms. The van der Waals surface area contributed by atoms with Gasteiger partial charge in [-0.2, -0.15) is 0 Å². The number of rotatable bonds is 9. The summed E-state index contributed by atoms with van der Waals surface area (Å²) in [5, 5.41) is 24.3. The second-order valence-electron chi connectivity index (χ2n) is 13.2. The zero-order valence-electron chi connectivity index (χ0n) is 22.4. The molecular formula is C31H51NO2. The summed E-state index contributed by atoms with van der Waals surface area (Å²) in [4.78, 5) is 0. The molecule has 0 unspecified atom stereocenters. The Bertz CT molecular complexity index is 786. The third kappa shape index (κ3) is 6.26. The summed E-state index contributed by atoms with van der Waals surface area (Å²) in [5.41, 5.74) is 3.96. The van der Waals surface area contributed by atoms with Gasteiger partial charge in [0.2, 0.25) is 0 Å². The third-order valence-electron chi connectivity index (χ3n) is 9.82. The number of nitrogens with one attached hydrogen (secondary N) is 1. The van der Waals surface area contributed by atoms with Gasteiger partial charge in [0.15, 0.2) is 0 Å². The zero-order chi connectivity index (χ0) is 24.5. The van der Waals surface area contributed by atoms with Crippen LogP contribution in [-0.2, 0) is 0 Å². The first kappa shape index (κ1) is 26.2. The summed E-state index contributed by atoms with van der Waals surface area (Å²) in [6, 6.07) is 0.228. The highest BCUT2D eigenvalue weighted by atomic mass is 16.3. The van der Waals surface area contributed by atoms with Crippen molar-refractivity contribution >= 4 is 0 Å². The Morgan fingerprint density at radius 2 is 1.97 bits per heavy atom. The summed E-state index contributed by atoms with van der Waals surface area (Å²) >= 11 is 0. The summed E-state index contributed by atoms with van der Waals surface area (Å²) in [5.74, 6) is 3.05. The Hall–Kier alpha value is -0.900. The van der Waals surface area contributed by atoms with E-state index >= 15 is 0 Å². The normalized spacial score (nSPS) is 37.9. The van der Waals surface area contributed by atoms with Crippen molar-refractivity contribution < 1.29 is 10.2 Å². The van der Waals surface area contributed by atoms with Crippen molar-refractivity contribution in [1.82, 2.24) is 5.32 Å². The minimum Gasteiger partial charge on any atom is -0.393 e. The lowest BCUT2D eigenvalue weighted by atomic mass is 9.60. The lowest BCUT2D eigenvalue weighted by molar-refractivity contribution is 0.0596. The molecule has 0 radical (unpaired) electrons. The van der Waals surface area contributed by atoms with Crippen LogP contribution >= 0.6 is 0 Å². The van der Waals surface area contributed by atoms with Crippen molar-refractivity contribution in [2.75, 3.05) is 6.54 Å². The second-order valence-corrected chi connectivity index (χ2v) is 13.2. The average molecular weight is 470 g/mol. The Morgan fingerprint density at radius 1 is 1.21 bits per heavy atom. The summed E-state index contributed by atoms with van der Waals surface area (Å²) < 4.78 is 0. The van der Waals surface area contributed by atoms with Crippen molar-refractivity contribution in [3.63, 3.8) is 0 Å². The van der Waals surface area contributed by atoms with Gasteiger partial charge in [0.1, 0.15) is 0 Å². The lowest BCUT2D eigenvalue weighted by Crippen LogP contribution is -2.39. The molecule has 4 fully saturated rings. The first-order chi connectivity index (χ1) is 16.1. The topological polar surface area (TPSA) is 52.5 Å². The first-order valence-electron chi connectivity index (χ1n) is 14.3. The highest BCUT2D eigenvalue weighted by Gasteiger charge is 2.50. The van der Waals surface area contributed by atoms with Crippen LogP contribution in [0.3, 0.4) is 0 Å². The minimum atomic E-state index is -0.542. The Labute approximate surface area is 209 Å². The Balaban J connectivity index is 1.42. The molecular weight excluding hydrogens is 418 g/mol. The van der Waals surface area contributed by atoms with Crippen LogP contribution in [0.2, 0.25) is 0 Å². The molecule has 0 amide bonds. The summed E-state index contributed by atoms with van der Waals surface area (Å²) in [6.07, 6.45) is 18.5. The van der Waals surface area contributed by atoms with E-state index < -0.39 is 5.60 Å². The van der Waals surface area contributed by atoms with E-state index in [1.165, 1.54) is 62.5 Å². The second kappa shape index (κ2) is 10.6. The maximum absolute atomic E-state index is 10.5. The molecule has 0 aromatic rings. The monoisotopic (exact) mass is 469 g/mol. The Kier molecular flexibility index (Phi) is 8.17. The van der Waals surface area contributed by atoms with E-state index in [0.717, 1.165) is 50.0 Å². The molecule has 34 heavy (non-hydrogen) atoms. The van der Waals surface area contributed by atoms with Gasteiger partial charge in [-0.3, -0.25) is 0 Å². The van der Waals surface area contributed by atoms with Crippen molar-refractivity contribution in [3.8, 4) is 0 Å². The van der Waals surface area contributed by atoms with Crippen molar-refractivity contribution in [3.05, 3.63) is 35.5 Å². The first-order valence-corrected chi connectivity index (χ1v) is 14.3. The zero-order valence-corrected chi connectivity index (χ0v) is 22.4. The molecule has 0 aromatic heterocycles. The molecule has 4 rings (SSSR count). The van der Waals surface area contributed by atoms with E-state index in [9.17, 15) is 10.2 Å². The van der Waals surface area contributed by atoms with E-state index in [1.54, 1.807) is 5.57 Å². The molecule has 4 saturated carbocycles. The molecule has 0 aromatic carbocycles. The van der Waals surface area contributed by atoms with E-state index in [1.807, 2.05) is 13.8 Å². The fourth-order valence-corrected chi connectivity index (χ4v) is 7.60. The number of fused-ring (bicyclic) bond motifs is 1. The average Bonchev–Trinajstić information content (AvgIpc) is 3.51. The molecule has 192 valence electrons. The molecule has 4 aliphatic carbocycles. The molecule has 3 heteroatoms. The van der Waals surface area contributed by atoms with Crippen LogP contribution in [0.4, 0.5) is 0 Å². The van der Waals surface area contributed by atoms with Gasteiger partial charge in [0.25, 0.3) is 0 Å². The van der Waals surface area contributed by atoms with Crippen LogP contribution in [0.25, 0.3) is 0 Å². The molecule has 4 aliphatic rings. The van der Waals surface area contributed by atoms with Gasteiger partial charge in [-0.1, -0.05) is 51.0 Å². The molecule has 3 N–H and O–H groups in total. The van der Waals surface area contributed by atoms with Crippen LogP contribution in [-0.4, -0.2) is 34.5 Å². The maximum Gasteiger partial charge on any atom is 0.0598 e. The van der Waals surface area contributed by atoms with Crippen LogP contribution in [0.15, 0.2) is 35.5 Å². The van der Waals surface area contributed by atoms with Crippen LogP contribution in [0.1, 0.15) is 105 Å². The summed E-state index contributed by atoms with van der Waals surface area (Å²) in [7, 11) is 0. The fraction of sp³-hybridized carbons (Fsp3) is 0.806. The van der Waals surface area contributed by atoms with Crippen LogP contribution < -0.4 is 5.32 Å². The van der Waals surface area contributed by atoms with Gasteiger partial charge < -0.3 is 15.5 Å². The van der Waals surface area contributed by atoms with Crippen LogP contribution in [0.5, 0.6) is 0 Å². The van der Waals surface area contributed by atoms with E-state index in [-0.39, 0.29) is 12.1 Å². The van der Waals surface area contributed by atoms with Crippen molar-refractivity contribution in [2.45, 2.75) is 122 Å². The third-order valence-corrected chi connectivity index (χ3v) is 9.82. The number of hydrogen-bond acceptors (Lipinski definition) is 3. The lowest BCUT2D eigenvalue weighted by Gasteiger charge is -2.44. The van der Waals surface area contributed by atoms with Gasteiger partial charge >= 0.3 is 0 Å². The van der Waals surface area contributed by atoms with Gasteiger partial charge in [-0.15, -0.1) is 0 Å². The largest absolute Gasteiger partial charge is 0.393 e. The molecule has 0 bridgehead atoms. The minimum absolute atomic E-state index is 0.228. The SMILES string of the molecule is C=C1/C(=C\C=C2/CCC[C@]3(C)[C@@H]([C@H](C)CCCC(C)(C)O)CC[C@@H]23)C[C@@H](O)C[C@@H]1NCC1CC1. The van der Waals surface area contributed by atoms with Crippen LogP contribution in [0, 0.1) is 29.1 Å². The predicted octanol–water partition coefficient (Wildman–Crippen LogP) is 6.71. The van der Waals surface area contributed by atoms with E-state index in [4.69, 9.17) is 0 Å². The van der Waals surface area contributed by atoms with E-state index in [2.05, 4.69) is 37.9 Å². The van der Waals surface area contributed by atoms with Gasteiger partial charge in [0.05, 0.1) is 11.7 Å². The van der Waals surface area contributed by atoms with Crippen molar-refractivity contribution in [1.29, 1.82) is 0 Å². The Morgan fingerprint density at radius 3 is 2.68 bits per heavy atom. The number of allylic oxidation sites excluding steroid dienone is 3. The number of aliphatic hydroxyl groups excluding tert-OH is 1. The van der Waals surface area contributed by atoms with Gasteiger partial charge in [0, 0.05) is 6.04 Å². The molecule has 0 heterocycles. The summed E-state index contributed by atoms with van der Waals surface area (Å²) in [6.45, 7) is 14.4. The quantitative estimate of drug-likeness (QED) is 0.352. The number of aliphatic hydroxyl groups is 2. The standard InChI is InChI=1S/C31H51NO2/c1-21(8-6-16-30(3,4)34)27-14-15-28-24(9-7-17-31(27,28)5)12-13-25-18-26(33)19-29(22(25)2)32-20-23-10-11-23/h12-13,21,23,26-29,32-34H,2,6-11,14-20H2,1,3-5H3/b24-12+,25-13-/t21-,26-,27-,28+,29+,31-/m1/s1. The van der Waals surface area contributed by atoms with Gasteiger partial charge in [-0.25, -0.2) is 0 Å². The molecule has 3 nitrogen and oxygen atoms in total. The maximum atomic E-state index is 10.5. The predicted molar refractivity (Wildman–Crippen MR) is 143 cm³/mol. The highest BCUT2D eigenvalue weighted by molar-refractivity contribution is 5.40. The fourth-order valence-electron chi connectivity index (χ4n) is 7.60. The molecule has 0 saturated heterocycles. The van der Waals surface area contributed by atoms with E-state index in [0.29, 0.717) is 11.3 Å². The highest BCUT2D eigenvalue weighted by Crippen LogP contribution is 2.60. The van der Waals surface area contributed by atoms with Crippen molar-refractivity contribution in [2.24, 2.45) is 29.1 Å². The number of hydrogen-bond donors (Lipinski definition) is 3. The molecule has 6 atom stereocenters.